The second-order valence-corrected chi connectivity index (χ2v) is 6.45. The molecular weight excluding hydrogens is 262 g/mol. The molecule has 2 aliphatic rings. The van der Waals surface area contributed by atoms with E-state index in [0.717, 1.165) is 4.90 Å². The van der Waals surface area contributed by atoms with Gasteiger partial charge in [0, 0.05) is 0 Å². The SMILES string of the molecule is CC(C)C1(O)CN(C(=O)CN2C(=O)NC(C)(C)C2=O)C1. The number of carbonyl (C=O) groups excluding carboxylic acids is 3. The van der Waals surface area contributed by atoms with Crippen LogP contribution in [0.3, 0.4) is 0 Å². The number of hydrogen-bond acceptors (Lipinski definition) is 4. The van der Waals surface area contributed by atoms with E-state index in [1.165, 1.54) is 4.90 Å². The summed E-state index contributed by atoms with van der Waals surface area (Å²) in [7, 11) is 0. The van der Waals surface area contributed by atoms with E-state index in [4.69, 9.17) is 0 Å². The molecule has 0 aromatic rings. The van der Waals surface area contributed by atoms with Crippen molar-refractivity contribution in [3.8, 4) is 0 Å². The van der Waals surface area contributed by atoms with E-state index in [-0.39, 0.29) is 31.5 Å². The predicted molar refractivity (Wildman–Crippen MR) is 70.7 cm³/mol. The van der Waals surface area contributed by atoms with Crippen molar-refractivity contribution in [3.05, 3.63) is 0 Å². The minimum atomic E-state index is -0.967. The van der Waals surface area contributed by atoms with Crippen LogP contribution in [0.4, 0.5) is 4.79 Å². The molecule has 0 spiro atoms. The van der Waals surface area contributed by atoms with E-state index < -0.39 is 23.1 Å². The number of rotatable bonds is 3. The summed E-state index contributed by atoms with van der Waals surface area (Å²) in [6.45, 7) is 7.19. The molecule has 2 heterocycles. The summed E-state index contributed by atoms with van der Waals surface area (Å²) >= 11 is 0. The molecule has 2 aliphatic heterocycles. The molecule has 0 bridgehead atoms. The van der Waals surface area contributed by atoms with Gasteiger partial charge in [0.05, 0.1) is 13.1 Å². The lowest BCUT2D eigenvalue weighted by Crippen LogP contribution is -2.67. The summed E-state index contributed by atoms with van der Waals surface area (Å²) in [4.78, 5) is 38.1. The first-order valence-corrected chi connectivity index (χ1v) is 6.71. The van der Waals surface area contributed by atoms with Crippen LogP contribution in [0.25, 0.3) is 0 Å². The molecule has 0 radical (unpaired) electrons. The van der Waals surface area contributed by atoms with Crippen molar-refractivity contribution < 1.29 is 19.5 Å². The van der Waals surface area contributed by atoms with Crippen molar-refractivity contribution >= 4 is 17.8 Å². The topological polar surface area (TPSA) is 89.9 Å². The summed E-state index contributed by atoms with van der Waals surface area (Å²) in [5.41, 5.74) is -1.82. The highest BCUT2D eigenvalue weighted by Crippen LogP contribution is 2.29. The van der Waals surface area contributed by atoms with Gasteiger partial charge >= 0.3 is 6.03 Å². The van der Waals surface area contributed by atoms with Crippen molar-refractivity contribution in [2.24, 2.45) is 5.92 Å². The summed E-state index contributed by atoms with van der Waals surface area (Å²) in [6, 6.07) is -0.548. The molecule has 4 amide bonds. The lowest BCUT2D eigenvalue weighted by molar-refractivity contribution is -0.165. The molecule has 2 saturated heterocycles. The van der Waals surface area contributed by atoms with Crippen LogP contribution in [-0.4, -0.2) is 63.5 Å². The zero-order chi connectivity index (χ0) is 15.3. The fraction of sp³-hybridized carbons (Fsp3) is 0.769. The smallest absolute Gasteiger partial charge is 0.325 e. The van der Waals surface area contributed by atoms with E-state index in [1.54, 1.807) is 13.8 Å². The van der Waals surface area contributed by atoms with Crippen LogP contribution in [0.2, 0.25) is 0 Å². The molecule has 0 saturated carbocycles. The molecule has 7 heteroatoms. The van der Waals surface area contributed by atoms with Crippen LogP contribution < -0.4 is 5.32 Å². The minimum absolute atomic E-state index is 0.0576. The Kier molecular flexibility index (Phi) is 3.28. The van der Waals surface area contributed by atoms with Crippen molar-refractivity contribution in [1.82, 2.24) is 15.1 Å². The molecule has 2 N–H and O–H groups in total. The van der Waals surface area contributed by atoms with Gasteiger partial charge in [-0.15, -0.1) is 0 Å². The number of amides is 4. The Morgan fingerprint density at radius 2 is 1.90 bits per heavy atom. The molecular formula is C13H21N3O4. The Balaban J connectivity index is 1.94. The van der Waals surface area contributed by atoms with Gasteiger partial charge in [0.15, 0.2) is 0 Å². The van der Waals surface area contributed by atoms with Gasteiger partial charge in [-0.1, -0.05) is 13.8 Å². The Labute approximate surface area is 117 Å². The van der Waals surface area contributed by atoms with E-state index in [2.05, 4.69) is 5.32 Å². The third kappa shape index (κ3) is 2.26. The van der Waals surface area contributed by atoms with Crippen LogP contribution in [-0.2, 0) is 9.59 Å². The van der Waals surface area contributed by atoms with Crippen LogP contribution in [0.15, 0.2) is 0 Å². The van der Waals surface area contributed by atoms with Gasteiger partial charge in [-0.05, 0) is 19.8 Å². The largest absolute Gasteiger partial charge is 0.386 e. The van der Waals surface area contributed by atoms with Gasteiger partial charge in [-0.3, -0.25) is 14.5 Å². The maximum absolute atomic E-state index is 12.0. The van der Waals surface area contributed by atoms with Gasteiger partial charge in [0.2, 0.25) is 5.91 Å². The number of aliphatic hydroxyl groups is 1. The van der Waals surface area contributed by atoms with Gasteiger partial charge in [0.1, 0.15) is 17.7 Å². The summed E-state index contributed by atoms with van der Waals surface area (Å²) in [5, 5.41) is 12.6. The van der Waals surface area contributed by atoms with Crippen molar-refractivity contribution in [1.29, 1.82) is 0 Å². The average molecular weight is 283 g/mol. The molecule has 7 nitrogen and oxygen atoms in total. The number of β-amino-alcohol motifs (C(OH)–C–C–N with tert-alkyl or cyclic N) is 1. The highest BCUT2D eigenvalue weighted by Gasteiger charge is 2.49. The molecule has 0 aromatic carbocycles. The fourth-order valence-electron chi connectivity index (χ4n) is 2.35. The van der Waals surface area contributed by atoms with Crippen molar-refractivity contribution in [2.45, 2.75) is 38.8 Å². The zero-order valence-electron chi connectivity index (χ0n) is 12.3. The van der Waals surface area contributed by atoms with E-state index >= 15 is 0 Å². The zero-order valence-corrected chi connectivity index (χ0v) is 12.3. The number of urea groups is 1. The first-order valence-electron chi connectivity index (χ1n) is 6.71. The number of imide groups is 1. The Bertz CT molecular complexity index is 466. The average Bonchev–Trinajstić information content (AvgIpc) is 2.46. The normalized spacial score (nSPS) is 23.9. The minimum Gasteiger partial charge on any atom is -0.386 e. The third-order valence-electron chi connectivity index (χ3n) is 4.09. The van der Waals surface area contributed by atoms with E-state index in [0.29, 0.717) is 0 Å². The maximum Gasteiger partial charge on any atom is 0.325 e. The first-order chi connectivity index (χ1) is 9.07. The standard InChI is InChI=1S/C13H21N3O4/c1-8(2)13(20)6-15(7-13)9(17)5-16-10(18)12(3,4)14-11(16)19/h8,20H,5-7H2,1-4H3,(H,14,19). The molecule has 2 fully saturated rings. The second kappa shape index (κ2) is 4.44. The summed E-state index contributed by atoms with van der Waals surface area (Å²) in [6.07, 6.45) is 0. The Morgan fingerprint density at radius 1 is 1.35 bits per heavy atom. The van der Waals surface area contributed by atoms with Gasteiger partial charge in [-0.2, -0.15) is 0 Å². The highest BCUT2D eigenvalue weighted by molar-refractivity contribution is 6.08. The van der Waals surface area contributed by atoms with Crippen molar-refractivity contribution in [2.75, 3.05) is 19.6 Å². The lowest BCUT2D eigenvalue weighted by atomic mass is 9.83. The van der Waals surface area contributed by atoms with Crippen molar-refractivity contribution in [3.63, 3.8) is 0 Å². The first kappa shape index (κ1) is 14.8. The van der Waals surface area contributed by atoms with Crippen LogP contribution in [0.5, 0.6) is 0 Å². The molecule has 20 heavy (non-hydrogen) atoms. The Morgan fingerprint density at radius 3 is 2.30 bits per heavy atom. The number of nitrogens with zero attached hydrogens (tertiary/aromatic N) is 2. The Hall–Kier alpha value is -1.63. The van der Waals surface area contributed by atoms with E-state index in [1.807, 2.05) is 13.8 Å². The van der Waals surface area contributed by atoms with E-state index in [9.17, 15) is 19.5 Å². The highest BCUT2D eigenvalue weighted by atomic mass is 16.3. The molecule has 0 atom stereocenters. The van der Waals surface area contributed by atoms with Gasteiger partial charge in [-0.25, -0.2) is 4.79 Å². The number of hydrogen-bond donors (Lipinski definition) is 2. The third-order valence-corrected chi connectivity index (χ3v) is 4.09. The summed E-state index contributed by atoms with van der Waals surface area (Å²) < 4.78 is 0. The number of nitrogens with one attached hydrogen (secondary N) is 1. The van der Waals surface area contributed by atoms with Crippen LogP contribution in [0.1, 0.15) is 27.7 Å². The molecule has 0 unspecified atom stereocenters. The molecule has 112 valence electrons. The van der Waals surface area contributed by atoms with Crippen LogP contribution >= 0.6 is 0 Å². The number of carbonyl (C=O) groups is 3. The molecule has 0 aliphatic carbocycles. The predicted octanol–water partition coefficient (Wildman–Crippen LogP) is -0.454. The van der Waals surface area contributed by atoms with Gasteiger partial charge in [0.25, 0.3) is 5.91 Å². The fourth-order valence-corrected chi connectivity index (χ4v) is 2.35. The maximum atomic E-state index is 12.0. The van der Waals surface area contributed by atoms with Crippen LogP contribution in [0, 0.1) is 5.92 Å². The van der Waals surface area contributed by atoms with Gasteiger partial charge < -0.3 is 15.3 Å². The number of likely N-dealkylation sites (tertiary alicyclic amines) is 1. The summed E-state index contributed by atoms with van der Waals surface area (Å²) in [5.74, 6) is -0.672. The quantitative estimate of drug-likeness (QED) is 0.686. The molecule has 0 aromatic heterocycles. The molecule has 2 rings (SSSR count). The lowest BCUT2D eigenvalue weighted by Gasteiger charge is -2.49. The second-order valence-electron chi connectivity index (χ2n) is 6.45. The monoisotopic (exact) mass is 283 g/mol.